The summed E-state index contributed by atoms with van der Waals surface area (Å²) < 4.78 is 0. The first kappa shape index (κ1) is 16.9. The van der Waals surface area contributed by atoms with E-state index in [2.05, 4.69) is 5.32 Å². The van der Waals surface area contributed by atoms with E-state index in [1.807, 2.05) is 42.2 Å². The third kappa shape index (κ3) is 4.06. The lowest BCUT2D eigenvalue weighted by molar-refractivity contribution is -0.121. The number of amides is 1. The van der Waals surface area contributed by atoms with Crippen molar-refractivity contribution in [1.82, 2.24) is 4.90 Å². The number of aliphatic hydroxyl groups excluding tert-OH is 2. The van der Waals surface area contributed by atoms with Crippen LogP contribution in [-0.4, -0.2) is 53.4 Å². The highest BCUT2D eigenvalue weighted by Gasteiger charge is 2.41. The van der Waals surface area contributed by atoms with Gasteiger partial charge in [0.1, 0.15) is 0 Å². The fourth-order valence-electron chi connectivity index (χ4n) is 3.28. The molecule has 1 aliphatic rings. The van der Waals surface area contributed by atoms with Gasteiger partial charge in [0, 0.05) is 24.2 Å². The third-order valence-corrected chi connectivity index (χ3v) is 4.45. The molecule has 1 aromatic carbocycles. The van der Waals surface area contributed by atoms with Crippen LogP contribution >= 0.6 is 0 Å². The van der Waals surface area contributed by atoms with E-state index in [1.165, 1.54) is 0 Å². The molecule has 122 valence electrons. The predicted molar refractivity (Wildman–Crippen MR) is 86.6 cm³/mol. The maximum atomic E-state index is 12.1. The maximum absolute atomic E-state index is 12.1. The molecule has 0 saturated carbocycles. The largest absolute Gasteiger partial charge is 0.396 e. The van der Waals surface area contributed by atoms with Crippen LogP contribution in [0.2, 0.25) is 0 Å². The lowest BCUT2D eigenvalue weighted by Crippen LogP contribution is -2.55. The van der Waals surface area contributed by atoms with Crippen LogP contribution in [0.3, 0.4) is 0 Å². The molecule has 1 aliphatic heterocycles. The molecule has 0 aromatic heterocycles. The molecule has 2 atom stereocenters. The Labute approximate surface area is 131 Å². The second-order valence-corrected chi connectivity index (χ2v) is 6.20. The molecule has 5 heteroatoms. The second-order valence-electron chi connectivity index (χ2n) is 6.20. The van der Waals surface area contributed by atoms with Gasteiger partial charge in [-0.05, 0) is 25.0 Å². The van der Waals surface area contributed by atoms with E-state index in [9.17, 15) is 15.0 Å². The standard InChI is InChI=1S/C17H26N2O3/c1-2-9-17(13-20)12-19(10-8-15(17)21)11-16(22)18-14-6-4-3-5-7-14/h3-7,15,20-21H,2,8-13H2,1H3,(H,18,22)/t15-,17+/m0/s1. The van der Waals surface area contributed by atoms with Gasteiger partial charge in [0.2, 0.25) is 5.91 Å². The Morgan fingerprint density at radius 3 is 2.77 bits per heavy atom. The molecule has 0 aliphatic carbocycles. The fraction of sp³-hybridized carbons (Fsp3) is 0.588. The molecule has 0 radical (unpaired) electrons. The van der Waals surface area contributed by atoms with Crippen molar-refractivity contribution in [2.24, 2.45) is 5.41 Å². The number of piperidine rings is 1. The smallest absolute Gasteiger partial charge is 0.238 e. The van der Waals surface area contributed by atoms with Crippen molar-refractivity contribution < 1.29 is 15.0 Å². The number of carbonyl (C=O) groups excluding carboxylic acids is 1. The highest BCUT2D eigenvalue weighted by Crippen LogP contribution is 2.34. The van der Waals surface area contributed by atoms with Crippen LogP contribution in [0, 0.1) is 5.41 Å². The van der Waals surface area contributed by atoms with Gasteiger partial charge in [0.15, 0.2) is 0 Å². The minimum Gasteiger partial charge on any atom is -0.396 e. The van der Waals surface area contributed by atoms with Crippen LogP contribution in [0.4, 0.5) is 5.69 Å². The molecule has 5 nitrogen and oxygen atoms in total. The van der Waals surface area contributed by atoms with E-state index in [-0.39, 0.29) is 19.1 Å². The van der Waals surface area contributed by atoms with Gasteiger partial charge in [-0.1, -0.05) is 31.5 Å². The number of hydrogen-bond acceptors (Lipinski definition) is 4. The van der Waals surface area contributed by atoms with E-state index in [0.717, 1.165) is 18.5 Å². The monoisotopic (exact) mass is 306 g/mol. The summed E-state index contributed by atoms with van der Waals surface area (Å²) in [6.07, 6.45) is 1.77. The van der Waals surface area contributed by atoms with Crippen molar-refractivity contribution in [2.75, 3.05) is 31.6 Å². The summed E-state index contributed by atoms with van der Waals surface area (Å²) >= 11 is 0. The maximum Gasteiger partial charge on any atom is 0.238 e. The minimum absolute atomic E-state index is 0.0428. The molecule has 22 heavy (non-hydrogen) atoms. The Morgan fingerprint density at radius 1 is 1.41 bits per heavy atom. The van der Waals surface area contributed by atoms with Gasteiger partial charge < -0.3 is 15.5 Å². The number of likely N-dealkylation sites (tertiary alicyclic amines) is 1. The van der Waals surface area contributed by atoms with Gasteiger partial charge in [0.05, 0.1) is 19.3 Å². The summed E-state index contributed by atoms with van der Waals surface area (Å²) in [6, 6.07) is 9.37. The SMILES string of the molecule is CCC[C@]1(CO)CN(CC(=O)Nc2ccccc2)CC[C@@H]1O. The summed E-state index contributed by atoms with van der Waals surface area (Å²) in [7, 11) is 0. The molecule has 2 rings (SSSR count). The van der Waals surface area contributed by atoms with Crippen molar-refractivity contribution in [3.8, 4) is 0 Å². The Balaban J connectivity index is 1.94. The quantitative estimate of drug-likeness (QED) is 0.744. The summed E-state index contributed by atoms with van der Waals surface area (Å²) in [5.41, 5.74) is 0.284. The lowest BCUT2D eigenvalue weighted by Gasteiger charge is -2.45. The molecule has 3 N–H and O–H groups in total. The van der Waals surface area contributed by atoms with Crippen LogP contribution in [0.1, 0.15) is 26.2 Å². The number of para-hydroxylation sites is 1. The molecular formula is C17H26N2O3. The molecule has 1 aromatic rings. The normalized spacial score (nSPS) is 25.9. The summed E-state index contributed by atoms with van der Waals surface area (Å²) in [4.78, 5) is 14.2. The average Bonchev–Trinajstić information content (AvgIpc) is 2.51. The highest BCUT2D eigenvalue weighted by atomic mass is 16.3. The van der Waals surface area contributed by atoms with Gasteiger partial charge in [-0.3, -0.25) is 9.69 Å². The Kier molecular flexibility index (Phi) is 5.94. The lowest BCUT2D eigenvalue weighted by atomic mass is 9.74. The molecule has 1 saturated heterocycles. The number of aliphatic hydroxyl groups is 2. The first-order chi connectivity index (χ1) is 10.6. The number of rotatable bonds is 6. The second kappa shape index (κ2) is 7.72. The molecule has 0 unspecified atom stereocenters. The fourth-order valence-corrected chi connectivity index (χ4v) is 3.28. The number of nitrogens with one attached hydrogen (secondary N) is 1. The number of hydrogen-bond donors (Lipinski definition) is 3. The van der Waals surface area contributed by atoms with Gasteiger partial charge in [-0.2, -0.15) is 0 Å². The first-order valence-corrected chi connectivity index (χ1v) is 7.96. The number of carbonyl (C=O) groups is 1. The Bertz CT molecular complexity index is 480. The van der Waals surface area contributed by atoms with E-state index in [4.69, 9.17) is 0 Å². The van der Waals surface area contributed by atoms with E-state index < -0.39 is 11.5 Å². The first-order valence-electron chi connectivity index (χ1n) is 7.96. The van der Waals surface area contributed by atoms with Crippen LogP contribution in [0.5, 0.6) is 0 Å². The minimum atomic E-state index is -0.500. The van der Waals surface area contributed by atoms with E-state index >= 15 is 0 Å². The zero-order valence-electron chi connectivity index (χ0n) is 13.2. The zero-order chi connectivity index (χ0) is 16.0. The van der Waals surface area contributed by atoms with Crippen molar-refractivity contribution in [3.05, 3.63) is 30.3 Å². The summed E-state index contributed by atoms with van der Waals surface area (Å²) in [5.74, 6) is -0.0640. The van der Waals surface area contributed by atoms with Crippen LogP contribution in [0.15, 0.2) is 30.3 Å². The van der Waals surface area contributed by atoms with Crippen molar-refractivity contribution in [3.63, 3.8) is 0 Å². The van der Waals surface area contributed by atoms with E-state index in [0.29, 0.717) is 19.5 Å². The number of nitrogens with zero attached hydrogens (tertiary/aromatic N) is 1. The molecule has 0 spiro atoms. The van der Waals surface area contributed by atoms with Crippen molar-refractivity contribution in [1.29, 1.82) is 0 Å². The summed E-state index contributed by atoms with van der Waals surface area (Å²) in [5, 5.41) is 22.9. The Hall–Kier alpha value is -1.43. The molecule has 0 bridgehead atoms. The third-order valence-electron chi connectivity index (χ3n) is 4.45. The predicted octanol–water partition coefficient (Wildman–Crippen LogP) is 1.47. The number of benzene rings is 1. The highest BCUT2D eigenvalue weighted by molar-refractivity contribution is 5.92. The molecule has 1 fully saturated rings. The summed E-state index contributed by atoms with van der Waals surface area (Å²) in [6.45, 7) is 3.52. The average molecular weight is 306 g/mol. The van der Waals surface area contributed by atoms with Crippen molar-refractivity contribution in [2.45, 2.75) is 32.3 Å². The van der Waals surface area contributed by atoms with E-state index in [1.54, 1.807) is 0 Å². The van der Waals surface area contributed by atoms with Gasteiger partial charge in [-0.15, -0.1) is 0 Å². The van der Waals surface area contributed by atoms with Crippen LogP contribution in [-0.2, 0) is 4.79 Å². The van der Waals surface area contributed by atoms with Gasteiger partial charge >= 0.3 is 0 Å². The molecule has 1 amide bonds. The molecule has 1 heterocycles. The van der Waals surface area contributed by atoms with Crippen LogP contribution < -0.4 is 5.32 Å². The zero-order valence-corrected chi connectivity index (χ0v) is 13.2. The number of anilines is 1. The van der Waals surface area contributed by atoms with Crippen LogP contribution in [0.25, 0.3) is 0 Å². The van der Waals surface area contributed by atoms with Gasteiger partial charge in [-0.25, -0.2) is 0 Å². The van der Waals surface area contributed by atoms with Crippen molar-refractivity contribution >= 4 is 11.6 Å². The Morgan fingerprint density at radius 2 is 2.14 bits per heavy atom. The molecular weight excluding hydrogens is 280 g/mol. The van der Waals surface area contributed by atoms with Gasteiger partial charge in [0.25, 0.3) is 0 Å². The topological polar surface area (TPSA) is 72.8 Å².